The zero-order valence-corrected chi connectivity index (χ0v) is 9.97. The molecule has 1 rings (SSSR count). The van der Waals surface area contributed by atoms with Crippen molar-refractivity contribution in [2.24, 2.45) is 0 Å². The second-order valence-electron chi connectivity index (χ2n) is 1.99. The number of rotatable bonds is 2. The Bertz CT molecular complexity index is 255. The van der Waals surface area contributed by atoms with Crippen LogP contribution in [0.5, 0.6) is 0 Å². The fourth-order valence-corrected chi connectivity index (χ4v) is 0.690. The molecule has 4 heteroatoms. The Balaban J connectivity index is 0.00000121. The van der Waals surface area contributed by atoms with Crippen molar-refractivity contribution in [3.8, 4) is 0 Å². The Morgan fingerprint density at radius 3 is 2.75 bits per heavy atom. The van der Waals surface area contributed by atoms with E-state index in [0.29, 0.717) is 12.4 Å². The molecule has 0 N–H and O–H groups in total. The summed E-state index contributed by atoms with van der Waals surface area (Å²) in [4.78, 5) is 10.9. The Hall–Kier alpha value is -0.757. The van der Waals surface area contributed by atoms with Crippen LogP contribution in [0.4, 0.5) is 0 Å². The van der Waals surface area contributed by atoms with E-state index in [1.165, 1.54) is 0 Å². The van der Waals surface area contributed by atoms with Crippen molar-refractivity contribution >= 4 is 5.97 Å². The Morgan fingerprint density at radius 2 is 2.33 bits per heavy atom. The number of carbonyl (C=O) groups excluding carboxylic acids is 1. The molecule has 0 atom stereocenters. The molecule has 0 spiro atoms. The van der Waals surface area contributed by atoms with Crippen LogP contribution in [0, 0.1) is 6.92 Å². The molecule has 0 saturated carbocycles. The van der Waals surface area contributed by atoms with Crippen LogP contribution in [0.25, 0.3) is 0 Å². The van der Waals surface area contributed by atoms with Crippen LogP contribution in [0.2, 0.25) is 0 Å². The van der Waals surface area contributed by atoms with E-state index in [2.05, 4.69) is 11.7 Å². The van der Waals surface area contributed by atoms with E-state index >= 15 is 0 Å². The first-order chi connectivity index (χ1) is 5.24. The maximum Gasteiger partial charge on any atom is 2.00 e. The van der Waals surface area contributed by atoms with Gasteiger partial charge in [-0.1, -0.05) is 6.07 Å². The number of hydrogen-bond acceptors (Lipinski definition) is 3. The number of esters is 1. The van der Waals surface area contributed by atoms with Crippen LogP contribution in [0.3, 0.4) is 0 Å². The topological polar surface area (TPSA) is 39.4 Å². The minimum Gasteiger partial charge on any atom is -0.489 e. The second-order valence-corrected chi connectivity index (χ2v) is 1.99. The SMILES string of the molecule is [CH2-]c1ccc(C(=O)OCC)o1.[Zn+2]. The first-order valence-corrected chi connectivity index (χ1v) is 3.33. The normalized spacial score (nSPS) is 8.75. The molecule has 3 nitrogen and oxygen atoms in total. The van der Waals surface area contributed by atoms with E-state index < -0.39 is 5.97 Å². The summed E-state index contributed by atoms with van der Waals surface area (Å²) in [6, 6.07) is 3.16. The molecular weight excluding hydrogens is 209 g/mol. The van der Waals surface area contributed by atoms with Gasteiger partial charge in [0, 0.05) is 0 Å². The smallest absolute Gasteiger partial charge is 0.489 e. The fraction of sp³-hybridized carbons (Fsp3) is 0.250. The van der Waals surface area contributed by atoms with E-state index in [1.807, 2.05) is 0 Å². The van der Waals surface area contributed by atoms with Crippen molar-refractivity contribution in [2.45, 2.75) is 6.92 Å². The molecule has 0 bridgehead atoms. The van der Waals surface area contributed by atoms with E-state index in [9.17, 15) is 4.79 Å². The largest absolute Gasteiger partial charge is 2.00 e. The zero-order valence-electron chi connectivity index (χ0n) is 7.00. The predicted molar refractivity (Wildman–Crippen MR) is 39.1 cm³/mol. The molecule has 0 radical (unpaired) electrons. The van der Waals surface area contributed by atoms with Crippen molar-refractivity contribution in [1.29, 1.82) is 0 Å². The van der Waals surface area contributed by atoms with Gasteiger partial charge >= 0.3 is 25.4 Å². The van der Waals surface area contributed by atoms with Gasteiger partial charge in [0.1, 0.15) is 0 Å². The van der Waals surface area contributed by atoms with Crippen molar-refractivity contribution < 1.29 is 33.4 Å². The number of hydrogen-bond donors (Lipinski definition) is 0. The fourth-order valence-electron chi connectivity index (χ4n) is 0.690. The molecule has 0 aliphatic rings. The van der Waals surface area contributed by atoms with Crippen LogP contribution in [-0.4, -0.2) is 12.6 Å². The summed E-state index contributed by atoms with van der Waals surface area (Å²) >= 11 is 0. The molecule has 0 unspecified atom stereocenters. The van der Waals surface area contributed by atoms with E-state index in [1.54, 1.807) is 19.1 Å². The minimum atomic E-state index is -0.442. The molecule has 0 aliphatic heterocycles. The third-order valence-corrected chi connectivity index (χ3v) is 1.14. The van der Waals surface area contributed by atoms with Crippen LogP contribution < -0.4 is 0 Å². The average Bonchev–Trinajstić information content (AvgIpc) is 2.36. The van der Waals surface area contributed by atoms with Gasteiger partial charge in [0.15, 0.2) is 5.76 Å². The summed E-state index contributed by atoms with van der Waals surface area (Å²) in [5.74, 6) is 0.229. The molecule has 0 fully saturated rings. The monoisotopic (exact) mass is 217 g/mol. The maximum absolute atomic E-state index is 10.9. The van der Waals surface area contributed by atoms with Gasteiger partial charge in [0.05, 0.1) is 6.61 Å². The summed E-state index contributed by atoms with van der Waals surface area (Å²) in [7, 11) is 0. The third kappa shape index (κ3) is 2.70. The molecule has 0 saturated heterocycles. The Kier molecular flexibility index (Phi) is 4.68. The van der Waals surface area contributed by atoms with Crippen molar-refractivity contribution in [1.82, 2.24) is 0 Å². The third-order valence-electron chi connectivity index (χ3n) is 1.14. The molecule has 1 aromatic rings. The summed E-state index contributed by atoms with van der Waals surface area (Å²) in [6.07, 6.45) is 0. The van der Waals surface area contributed by atoms with Gasteiger partial charge in [-0.2, -0.15) is 6.07 Å². The molecule has 60 valence electrons. The molecule has 12 heavy (non-hydrogen) atoms. The number of furan rings is 1. The molecule has 1 aromatic heterocycles. The maximum atomic E-state index is 10.9. The van der Waals surface area contributed by atoms with Crippen molar-refractivity contribution in [3.63, 3.8) is 0 Å². The predicted octanol–water partition coefficient (Wildman–Crippen LogP) is 1.64. The molecule has 0 aliphatic carbocycles. The summed E-state index contributed by atoms with van der Waals surface area (Å²) in [6.45, 7) is 5.60. The second kappa shape index (κ2) is 4.99. The van der Waals surface area contributed by atoms with Gasteiger partial charge in [-0.15, -0.1) is 0 Å². The van der Waals surface area contributed by atoms with Crippen molar-refractivity contribution in [3.05, 3.63) is 30.6 Å². The molecule has 0 amide bonds. The number of ether oxygens (including phenoxy) is 1. The summed E-state index contributed by atoms with van der Waals surface area (Å²) in [5.41, 5.74) is 0. The van der Waals surface area contributed by atoms with Crippen LogP contribution in [0.15, 0.2) is 16.5 Å². The first kappa shape index (κ1) is 11.2. The van der Waals surface area contributed by atoms with Crippen LogP contribution >= 0.6 is 0 Å². The van der Waals surface area contributed by atoms with Crippen molar-refractivity contribution in [2.75, 3.05) is 6.61 Å². The Labute approximate surface area is 83.8 Å². The van der Waals surface area contributed by atoms with Gasteiger partial charge in [-0.25, -0.2) is 11.7 Å². The van der Waals surface area contributed by atoms with Crippen LogP contribution in [0.1, 0.15) is 23.2 Å². The van der Waals surface area contributed by atoms with Gasteiger partial charge < -0.3 is 9.15 Å². The summed E-state index contributed by atoms with van der Waals surface area (Å²) in [5, 5.41) is 0. The summed E-state index contributed by atoms with van der Waals surface area (Å²) < 4.78 is 9.59. The molecule has 1 heterocycles. The van der Waals surface area contributed by atoms with Gasteiger partial charge in [-0.05, 0) is 12.7 Å². The Morgan fingerprint density at radius 1 is 1.67 bits per heavy atom. The standard InChI is InChI=1S/C8H9O3.Zn/c1-3-10-8(9)7-5-4-6(2)11-7;/h4-5H,2-3H2,1H3;/q-1;+2. The number of carbonyl (C=O) groups is 1. The van der Waals surface area contributed by atoms with Gasteiger partial charge in [0.25, 0.3) is 0 Å². The molecular formula is C8H9O3Zn+. The van der Waals surface area contributed by atoms with Gasteiger partial charge in [0.2, 0.25) is 0 Å². The quantitative estimate of drug-likeness (QED) is 0.430. The van der Waals surface area contributed by atoms with Crippen LogP contribution in [-0.2, 0) is 24.2 Å². The zero-order chi connectivity index (χ0) is 8.27. The van der Waals surface area contributed by atoms with E-state index in [-0.39, 0.29) is 25.2 Å². The van der Waals surface area contributed by atoms with E-state index in [0.717, 1.165) is 0 Å². The van der Waals surface area contributed by atoms with E-state index in [4.69, 9.17) is 4.42 Å². The minimum absolute atomic E-state index is 0. The average molecular weight is 219 g/mol. The molecule has 0 aromatic carbocycles. The first-order valence-electron chi connectivity index (χ1n) is 3.33. The van der Waals surface area contributed by atoms with Gasteiger partial charge in [-0.3, -0.25) is 0 Å².